The Balaban J connectivity index is 3.98. The zero-order valence-electron chi connectivity index (χ0n) is 56.4. The van der Waals surface area contributed by atoms with Crippen molar-refractivity contribution >= 4 is 17.9 Å². The number of carboxylic acids is 1. The van der Waals surface area contributed by atoms with Gasteiger partial charge in [0.1, 0.15) is 13.2 Å². The number of rotatable bonds is 70. The number of likely N-dealkylation sites (N-methyl/N-ethyl adjacent to an activating group) is 1. The summed E-state index contributed by atoms with van der Waals surface area (Å²) in [6, 6.07) is 0. The Bertz CT molecular complexity index is 1370. The number of allylic oxidation sites excluding steroid dienone is 2. The van der Waals surface area contributed by atoms with Gasteiger partial charge in [-0.1, -0.05) is 347 Å². The second-order valence-electron chi connectivity index (χ2n) is 26.6. The molecule has 0 aliphatic carbocycles. The number of esters is 2. The van der Waals surface area contributed by atoms with Crippen molar-refractivity contribution in [2.45, 2.75) is 399 Å². The van der Waals surface area contributed by atoms with Crippen LogP contribution in [0.1, 0.15) is 386 Å². The predicted molar refractivity (Wildman–Crippen MR) is 355 cm³/mol. The Morgan fingerprint density at radius 2 is 0.614 bits per heavy atom. The van der Waals surface area contributed by atoms with Crippen molar-refractivity contribution in [3.8, 4) is 0 Å². The van der Waals surface area contributed by atoms with Gasteiger partial charge >= 0.3 is 17.9 Å². The summed E-state index contributed by atoms with van der Waals surface area (Å²) in [6.07, 6.45) is 77.8. The molecular formula is C74H144NO8+. The normalized spacial score (nSPS) is 12.6. The highest BCUT2D eigenvalue weighted by molar-refractivity contribution is 5.71. The molecule has 2 atom stereocenters. The van der Waals surface area contributed by atoms with Gasteiger partial charge in [0.25, 0.3) is 6.29 Å². The van der Waals surface area contributed by atoms with Crippen LogP contribution in [0.15, 0.2) is 12.2 Å². The standard InChI is InChI=1S/C74H143NO8/c1-6-8-10-12-14-16-18-20-22-24-26-28-30-31-32-33-34-35-36-37-38-39-40-41-43-44-46-48-50-52-54-56-58-60-62-64-71(76)81-68-70(69-82-74(73(78)79)80-67-66-75(3,4)5)83-72(77)65-63-61-59-57-55-53-51-49-47-45-42-29-27-25-23-21-19-17-15-13-11-9-7-2/h25,27,70,74H,6-24,26,28-69H2,1-5H3/p+1/b27-25-. The average molecular weight is 1180 g/mol. The van der Waals surface area contributed by atoms with E-state index in [0.717, 1.165) is 38.5 Å². The minimum atomic E-state index is -1.51. The number of carboxylic acid groups (broad SMARTS) is 1. The van der Waals surface area contributed by atoms with Gasteiger partial charge in [-0.05, 0) is 38.5 Å². The molecule has 0 saturated carbocycles. The Morgan fingerprint density at radius 1 is 0.349 bits per heavy atom. The molecule has 0 aromatic rings. The maximum absolute atomic E-state index is 12.9. The third-order valence-corrected chi connectivity index (χ3v) is 17.0. The van der Waals surface area contributed by atoms with Gasteiger partial charge in [-0.25, -0.2) is 4.79 Å². The van der Waals surface area contributed by atoms with E-state index < -0.39 is 18.4 Å². The highest BCUT2D eigenvalue weighted by atomic mass is 16.7. The van der Waals surface area contributed by atoms with E-state index in [1.165, 1.54) is 321 Å². The number of nitrogens with zero attached hydrogens (tertiary/aromatic N) is 1. The molecule has 0 spiro atoms. The molecule has 0 fully saturated rings. The molecule has 0 saturated heterocycles. The summed E-state index contributed by atoms with van der Waals surface area (Å²) >= 11 is 0. The van der Waals surface area contributed by atoms with Crippen LogP contribution in [0.25, 0.3) is 0 Å². The molecule has 0 aromatic heterocycles. The molecule has 0 aliphatic heterocycles. The zero-order chi connectivity index (χ0) is 60.5. The average Bonchev–Trinajstić information content (AvgIpc) is 3.46. The molecule has 0 rings (SSSR count). The van der Waals surface area contributed by atoms with Crippen LogP contribution < -0.4 is 0 Å². The van der Waals surface area contributed by atoms with Crippen LogP contribution in [-0.4, -0.2) is 87.4 Å². The van der Waals surface area contributed by atoms with E-state index in [4.69, 9.17) is 18.9 Å². The van der Waals surface area contributed by atoms with Gasteiger partial charge in [0, 0.05) is 12.8 Å². The van der Waals surface area contributed by atoms with Crippen LogP contribution in [0, 0.1) is 0 Å². The molecule has 0 radical (unpaired) electrons. The lowest BCUT2D eigenvalue weighted by atomic mass is 10.0. The number of quaternary nitrogens is 1. The number of hydrogen-bond donors (Lipinski definition) is 1. The van der Waals surface area contributed by atoms with Crippen molar-refractivity contribution < 1.29 is 42.9 Å². The third-order valence-electron chi connectivity index (χ3n) is 17.0. The Morgan fingerprint density at radius 3 is 0.892 bits per heavy atom. The highest BCUT2D eigenvalue weighted by Gasteiger charge is 2.25. The second-order valence-corrected chi connectivity index (χ2v) is 26.6. The monoisotopic (exact) mass is 1180 g/mol. The summed E-state index contributed by atoms with van der Waals surface area (Å²) < 4.78 is 23.0. The summed E-state index contributed by atoms with van der Waals surface area (Å²) in [5.74, 6) is -1.97. The molecule has 0 aliphatic rings. The van der Waals surface area contributed by atoms with Crippen molar-refractivity contribution in [2.75, 3.05) is 47.5 Å². The van der Waals surface area contributed by atoms with E-state index in [9.17, 15) is 19.5 Å². The lowest BCUT2D eigenvalue weighted by Crippen LogP contribution is -2.40. The van der Waals surface area contributed by atoms with E-state index in [2.05, 4.69) is 26.0 Å². The summed E-state index contributed by atoms with van der Waals surface area (Å²) in [5.41, 5.74) is 0. The van der Waals surface area contributed by atoms with E-state index in [1.807, 2.05) is 21.1 Å². The molecule has 0 amide bonds. The summed E-state index contributed by atoms with van der Waals surface area (Å²) in [5, 5.41) is 9.75. The first-order valence-corrected chi connectivity index (χ1v) is 36.9. The number of unbranched alkanes of at least 4 members (excludes halogenated alkanes) is 53. The van der Waals surface area contributed by atoms with Crippen molar-refractivity contribution in [2.24, 2.45) is 0 Å². The number of ether oxygens (including phenoxy) is 4. The van der Waals surface area contributed by atoms with Gasteiger partial charge in [-0.2, -0.15) is 0 Å². The third kappa shape index (κ3) is 67.4. The Labute approximate surface area is 516 Å². The first-order chi connectivity index (χ1) is 40.6. The summed E-state index contributed by atoms with van der Waals surface area (Å²) in [4.78, 5) is 37.6. The van der Waals surface area contributed by atoms with Crippen molar-refractivity contribution in [1.82, 2.24) is 0 Å². The molecule has 2 unspecified atom stereocenters. The molecular weight excluding hydrogens is 1030 g/mol. The maximum atomic E-state index is 12.9. The summed E-state index contributed by atoms with van der Waals surface area (Å²) in [7, 11) is 5.99. The van der Waals surface area contributed by atoms with Gasteiger partial charge in [0.2, 0.25) is 0 Å². The SMILES string of the molecule is CCCCCCCCCC/C=C\CCCCCCCCCCCCCC(=O)OC(COC(=O)CCCCCCCCCCCCCCCCCCCCCCCCCCCCCCCCCCCCC)COC(OCC[N+](C)(C)C)C(=O)O. The number of carbonyl (C=O) groups is 3. The number of carbonyl (C=O) groups excluding carboxylic acids is 2. The Hall–Kier alpha value is -1.97. The van der Waals surface area contributed by atoms with Crippen molar-refractivity contribution in [3.05, 3.63) is 12.2 Å². The second kappa shape index (κ2) is 66.0. The van der Waals surface area contributed by atoms with E-state index in [1.54, 1.807) is 0 Å². The van der Waals surface area contributed by atoms with E-state index >= 15 is 0 Å². The molecule has 492 valence electrons. The first-order valence-electron chi connectivity index (χ1n) is 36.9. The van der Waals surface area contributed by atoms with Crippen LogP contribution >= 0.6 is 0 Å². The first kappa shape index (κ1) is 81.0. The molecule has 0 aromatic carbocycles. The quantitative estimate of drug-likeness (QED) is 0.0211. The number of hydrogen-bond acceptors (Lipinski definition) is 7. The highest BCUT2D eigenvalue weighted by Crippen LogP contribution is 2.20. The van der Waals surface area contributed by atoms with Gasteiger partial charge in [-0.15, -0.1) is 0 Å². The minimum Gasteiger partial charge on any atom is -0.477 e. The van der Waals surface area contributed by atoms with Crippen LogP contribution in [-0.2, 0) is 33.3 Å². The van der Waals surface area contributed by atoms with Crippen molar-refractivity contribution in [3.63, 3.8) is 0 Å². The van der Waals surface area contributed by atoms with E-state index in [0.29, 0.717) is 17.4 Å². The minimum absolute atomic E-state index is 0.175. The van der Waals surface area contributed by atoms with Crippen molar-refractivity contribution in [1.29, 1.82) is 0 Å². The molecule has 83 heavy (non-hydrogen) atoms. The predicted octanol–water partition coefficient (Wildman–Crippen LogP) is 22.8. The van der Waals surface area contributed by atoms with Crippen LogP contribution in [0.5, 0.6) is 0 Å². The fourth-order valence-corrected chi connectivity index (χ4v) is 11.4. The van der Waals surface area contributed by atoms with Gasteiger partial charge in [-0.3, -0.25) is 9.59 Å². The fourth-order valence-electron chi connectivity index (χ4n) is 11.4. The zero-order valence-corrected chi connectivity index (χ0v) is 56.4. The van der Waals surface area contributed by atoms with Crippen LogP contribution in [0.3, 0.4) is 0 Å². The van der Waals surface area contributed by atoms with Crippen LogP contribution in [0.4, 0.5) is 0 Å². The fraction of sp³-hybridized carbons (Fsp3) is 0.932. The van der Waals surface area contributed by atoms with Gasteiger partial charge < -0.3 is 28.5 Å². The molecule has 9 heteroatoms. The summed E-state index contributed by atoms with van der Waals surface area (Å²) in [6.45, 7) is 4.96. The lowest BCUT2D eigenvalue weighted by molar-refractivity contribution is -0.870. The maximum Gasteiger partial charge on any atom is 0.361 e. The molecule has 0 bridgehead atoms. The molecule has 9 nitrogen and oxygen atoms in total. The number of aliphatic carboxylic acids is 1. The largest absolute Gasteiger partial charge is 0.477 e. The smallest absolute Gasteiger partial charge is 0.361 e. The topological polar surface area (TPSA) is 108 Å². The van der Waals surface area contributed by atoms with Crippen LogP contribution in [0.2, 0.25) is 0 Å². The molecule has 0 heterocycles. The Kier molecular flexibility index (Phi) is 64.4. The van der Waals surface area contributed by atoms with E-state index in [-0.39, 0.29) is 38.2 Å². The molecule has 1 N–H and O–H groups in total. The van der Waals surface area contributed by atoms with Gasteiger partial charge in [0.15, 0.2) is 6.10 Å². The van der Waals surface area contributed by atoms with Gasteiger partial charge in [0.05, 0.1) is 34.4 Å². The lowest BCUT2D eigenvalue weighted by Gasteiger charge is -2.25.